The van der Waals surface area contributed by atoms with Crippen LogP contribution in [0.5, 0.6) is 0 Å². The zero-order valence-electron chi connectivity index (χ0n) is 8.97. The number of hydrogen-bond donors (Lipinski definition) is 1. The number of halogens is 2. The Labute approximate surface area is 102 Å². The van der Waals surface area contributed by atoms with Crippen molar-refractivity contribution in [2.75, 3.05) is 13.1 Å². The Morgan fingerprint density at radius 1 is 1.50 bits per heavy atom. The summed E-state index contributed by atoms with van der Waals surface area (Å²) >= 11 is 3.25. The number of carbonyl (C=O) groups excluding carboxylic acids is 1. The molecule has 1 aliphatic heterocycles. The molecule has 16 heavy (non-hydrogen) atoms. The van der Waals surface area contributed by atoms with Gasteiger partial charge in [-0.25, -0.2) is 4.39 Å². The fourth-order valence-electron chi connectivity index (χ4n) is 2.05. The van der Waals surface area contributed by atoms with Gasteiger partial charge in [0.2, 0.25) is 0 Å². The maximum atomic E-state index is 13.5. The fraction of sp³-hybridized carbons (Fsp3) is 0.417. The molecule has 1 fully saturated rings. The van der Waals surface area contributed by atoms with E-state index in [2.05, 4.69) is 21.2 Å². The van der Waals surface area contributed by atoms with Crippen LogP contribution in [-0.4, -0.2) is 18.9 Å². The van der Waals surface area contributed by atoms with E-state index in [0.29, 0.717) is 6.54 Å². The highest BCUT2D eigenvalue weighted by atomic mass is 79.9. The molecule has 0 spiro atoms. The lowest BCUT2D eigenvalue weighted by Gasteiger charge is -2.13. The summed E-state index contributed by atoms with van der Waals surface area (Å²) < 4.78 is 14.3. The van der Waals surface area contributed by atoms with Gasteiger partial charge in [-0.05, 0) is 30.7 Å². The first-order valence-corrected chi connectivity index (χ1v) is 6.09. The molecule has 0 aliphatic carbocycles. The number of ketones is 1. The molecular weight excluding hydrogens is 273 g/mol. The Hall–Kier alpha value is -0.740. The van der Waals surface area contributed by atoms with Gasteiger partial charge in [0.25, 0.3) is 0 Å². The summed E-state index contributed by atoms with van der Waals surface area (Å²) in [5, 5.41) is 3.15. The summed E-state index contributed by atoms with van der Waals surface area (Å²) in [4.78, 5) is 12.1. The van der Waals surface area contributed by atoms with E-state index in [4.69, 9.17) is 0 Å². The van der Waals surface area contributed by atoms with Crippen LogP contribution in [0.3, 0.4) is 0 Å². The van der Waals surface area contributed by atoms with E-state index in [0.717, 1.165) is 11.0 Å². The van der Waals surface area contributed by atoms with Crippen molar-refractivity contribution in [2.24, 2.45) is 11.8 Å². The lowest BCUT2D eigenvalue weighted by molar-refractivity contribution is 0.0903. The van der Waals surface area contributed by atoms with Gasteiger partial charge in [-0.1, -0.05) is 22.9 Å². The Bertz CT molecular complexity index is 421. The SMILES string of the molecule is CC1CNCC1C(=O)c1cc(Br)ccc1F. The smallest absolute Gasteiger partial charge is 0.170 e. The maximum absolute atomic E-state index is 13.5. The molecule has 1 aromatic rings. The number of Topliss-reactive ketones (excluding diaryl/α,β-unsaturated/α-hetero) is 1. The molecule has 2 nitrogen and oxygen atoms in total. The van der Waals surface area contributed by atoms with Crippen LogP contribution in [0.2, 0.25) is 0 Å². The number of carbonyl (C=O) groups is 1. The minimum Gasteiger partial charge on any atom is -0.316 e. The van der Waals surface area contributed by atoms with E-state index < -0.39 is 5.82 Å². The van der Waals surface area contributed by atoms with E-state index in [-0.39, 0.29) is 23.2 Å². The second kappa shape index (κ2) is 4.63. The molecule has 86 valence electrons. The van der Waals surface area contributed by atoms with Crippen LogP contribution >= 0.6 is 15.9 Å². The molecular formula is C12H13BrFNO. The predicted molar refractivity (Wildman–Crippen MR) is 64.0 cm³/mol. The van der Waals surface area contributed by atoms with Gasteiger partial charge >= 0.3 is 0 Å². The van der Waals surface area contributed by atoms with Crippen molar-refractivity contribution < 1.29 is 9.18 Å². The highest BCUT2D eigenvalue weighted by Gasteiger charge is 2.31. The molecule has 2 rings (SSSR count). The summed E-state index contributed by atoms with van der Waals surface area (Å²) in [6, 6.07) is 4.48. The van der Waals surface area contributed by atoms with Gasteiger partial charge < -0.3 is 5.32 Å². The molecule has 1 aromatic carbocycles. The molecule has 2 unspecified atom stereocenters. The summed E-state index contributed by atoms with van der Waals surface area (Å²) in [6.45, 7) is 3.48. The van der Waals surface area contributed by atoms with Gasteiger partial charge in [0.15, 0.2) is 5.78 Å². The lowest BCUT2D eigenvalue weighted by Crippen LogP contribution is -2.22. The van der Waals surface area contributed by atoms with Crippen molar-refractivity contribution in [3.05, 3.63) is 34.1 Å². The van der Waals surface area contributed by atoms with Gasteiger partial charge in [0, 0.05) is 16.9 Å². The Balaban J connectivity index is 2.29. The third-order valence-electron chi connectivity index (χ3n) is 3.05. The third-order valence-corrected chi connectivity index (χ3v) is 3.54. The fourth-order valence-corrected chi connectivity index (χ4v) is 2.41. The van der Waals surface area contributed by atoms with Crippen LogP contribution in [0.1, 0.15) is 17.3 Å². The average Bonchev–Trinajstić information content (AvgIpc) is 2.67. The molecule has 0 bridgehead atoms. The van der Waals surface area contributed by atoms with Crippen molar-refractivity contribution >= 4 is 21.7 Å². The van der Waals surface area contributed by atoms with Crippen LogP contribution in [0.25, 0.3) is 0 Å². The molecule has 1 aliphatic rings. The lowest BCUT2D eigenvalue weighted by atomic mass is 9.89. The van der Waals surface area contributed by atoms with Crippen molar-refractivity contribution in [2.45, 2.75) is 6.92 Å². The zero-order chi connectivity index (χ0) is 11.7. The van der Waals surface area contributed by atoms with Gasteiger partial charge in [-0.2, -0.15) is 0 Å². The standard InChI is InChI=1S/C12H13BrFNO/c1-7-5-15-6-10(7)12(16)9-4-8(13)2-3-11(9)14/h2-4,7,10,15H,5-6H2,1H3. The summed E-state index contributed by atoms with van der Waals surface area (Å²) in [6.07, 6.45) is 0. The van der Waals surface area contributed by atoms with E-state index in [1.165, 1.54) is 6.07 Å². The first-order chi connectivity index (χ1) is 7.59. The topological polar surface area (TPSA) is 29.1 Å². The van der Waals surface area contributed by atoms with Crippen LogP contribution < -0.4 is 5.32 Å². The molecule has 1 heterocycles. The van der Waals surface area contributed by atoms with Crippen molar-refractivity contribution in [3.8, 4) is 0 Å². The normalized spacial score (nSPS) is 24.7. The highest BCUT2D eigenvalue weighted by Crippen LogP contribution is 2.24. The van der Waals surface area contributed by atoms with Gasteiger partial charge in [-0.3, -0.25) is 4.79 Å². The molecule has 4 heteroatoms. The van der Waals surface area contributed by atoms with Crippen LogP contribution in [-0.2, 0) is 0 Å². The van der Waals surface area contributed by atoms with E-state index in [1.54, 1.807) is 12.1 Å². The quantitative estimate of drug-likeness (QED) is 0.847. The molecule has 0 aromatic heterocycles. The predicted octanol–water partition coefficient (Wildman–Crippen LogP) is 2.63. The van der Waals surface area contributed by atoms with E-state index in [1.807, 2.05) is 6.92 Å². The Morgan fingerprint density at radius 2 is 2.25 bits per heavy atom. The molecule has 0 radical (unpaired) electrons. The number of hydrogen-bond acceptors (Lipinski definition) is 2. The Kier molecular flexibility index (Phi) is 3.40. The van der Waals surface area contributed by atoms with E-state index >= 15 is 0 Å². The van der Waals surface area contributed by atoms with Crippen molar-refractivity contribution in [1.82, 2.24) is 5.32 Å². The highest BCUT2D eigenvalue weighted by molar-refractivity contribution is 9.10. The van der Waals surface area contributed by atoms with Crippen LogP contribution in [0.4, 0.5) is 4.39 Å². The first-order valence-electron chi connectivity index (χ1n) is 5.29. The van der Waals surface area contributed by atoms with Gasteiger partial charge in [0.05, 0.1) is 5.56 Å². The van der Waals surface area contributed by atoms with Gasteiger partial charge in [-0.15, -0.1) is 0 Å². The van der Waals surface area contributed by atoms with Crippen LogP contribution in [0.15, 0.2) is 22.7 Å². The van der Waals surface area contributed by atoms with Crippen LogP contribution in [0, 0.1) is 17.7 Å². The second-order valence-electron chi connectivity index (χ2n) is 4.23. The van der Waals surface area contributed by atoms with E-state index in [9.17, 15) is 9.18 Å². The third kappa shape index (κ3) is 2.18. The molecule has 0 amide bonds. The molecule has 1 N–H and O–H groups in total. The average molecular weight is 286 g/mol. The number of rotatable bonds is 2. The minimum atomic E-state index is -0.438. The van der Waals surface area contributed by atoms with Gasteiger partial charge in [0.1, 0.15) is 5.82 Å². The minimum absolute atomic E-state index is 0.101. The Morgan fingerprint density at radius 3 is 2.88 bits per heavy atom. The summed E-state index contributed by atoms with van der Waals surface area (Å²) in [7, 11) is 0. The summed E-state index contributed by atoms with van der Waals surface area (Å²) in [5.41, 5.74) is 0.190. The molecule has 0 saturated carbocycles. The van der Waals surface area contributed by atoms with Crippen molar-refractivity contribution in [1.29, 1.82) is 0 Å². The number of nitrogens with one attached hydrogen (secondary N) is 1. The molecule has 1 saturated heterocycles. The largest absolute Gasteiger partial charge is 0.316 e. The van der Waals surface area contributed by atoms with Crippen molar-refractivity contribution in [3.63, 3.8) is 0 Å². The second-order valence-corrected chi connectivity index (χ2v) is 5.15. The molecule has 2 atom stereocenters. The zero-order valence-corrected chi connectivity index (χ0v) is 10.6. The number of benzene rings is 1. The first kappa shape index (κ1) is 11.7. The monoisotopic (exact) mass is 285 g/mol. The maximum Gasteiger partial charge on any atom is 0.170 e. The summed E-state index contributed by atoms with van der Waals surface area (Å²) in [5.74, 6) is -0.377.